The molecule has 1 aromatic heterocycles. The van der Waals surface area contributed by atoms with Gasteiger partial charge in [0.2, 0.25) is 10.0 Å². The van der Waals surface area contributed by atoms with Crippen molar-refractivity contribution in [2.24, 2.45) is 0 Å². The van der Waals surface area contributed by atoms with Crippen molar-refractivity contribution in [1.29, 1.82) is 0 Å². The van der Waals surface area contributed by atoms with E-state index in [9.17, 15) is 12.8 Å². The summed E-state index contributed by atoms with van der Waals surface area (Å²) < 4.78 is 42.4. The number of rotatable bonds is 7. The summed E-state index contributed by atoms with van der Waals surface area (Å²) in [6.07, 6.45) is 1.85. The van der Waals surface area contributed by atoms with Gasteiger partial charge < -0.3 is 0 Å². The van der Waals surface area contributed by atoms with Crippen LogP contribution in [0.15, 0.2) is 91.1 Å². The van der Waals surface area contributed by atoms with E-state index < -0.39 is 15.8 Å². The van der Waals surface area contributed by atoms with Gasteiger partial charge >= 0.3 is 0 Å². The minimum atomic E-state index is -3.65. The molecule has 0 unspecified atom stereocenters. The van der Waals surface area contributed by atoms with Crippen LogP contribution in [0.4, 0.5) is 4.39 Å². The molecule has 0 amide bonds. The molecular weight excluding hydrogens is 413 g/mol. The zero-order valence-corrected chi connectivity index (χ0v) is 17.8. The number of para-hydroxylation sites is 1. The Morgan fingerprint density at radius 3 is 2.29 bits per heavy atom. The number of halogens is 1. The van der Waals surface area contributed by atoms with Crippen LogP contribution in [0.5, 0.6) is 0 Å². The summed E-state index contributed by atoms with van der Waals surface area (Å²) in [6.45, 7) is 0.148. The van der Waals surface area contributed by atoms with Gasteiger partial charge in [-0.25, -0.2) is 21.8 Å². The van der Waals surface area contributed by atoms with Crippen LogP contribution < -0.4 is 0 Å². The van der Waals surface area contributed by atoms with Crippen LogP contribution in [0.1, 0.15) is 11.1 Å². The molecule has 0 aliphatic heterocycles. The predicted molar refractivity (Wildman–Crippen MR) is 119 cm³/mol. The Kier molecular flexibility index (Phi) is 5.97. The number of hydrogen-bond acceptors (Lipinski definition) is 3. The molecule has 31 heavy (non-hydrogen) atoms. The minimum absolute atomic E-state index is 0.148. The summed E-state index contributed by atoms with van der Waals surface area (Å²) in [6, 6.07) is 25.0. The Balaban J connectivity index is 1.65. The molecule has 0 atom stereocenters. The third-order valence-electron chi connectivity index (χ3n) is 4.96. The van der Waals surface area contributed by atoms with Crippen LogP contribution in [-0.2, 0) is 22.3 Å². The topological polar surface area (TPSA) is 55.2 Å². The van der Waals surface area contributed by atoms with E-state index in [1.54, 1.807) is 10.7 Å². The molecule has 0 spiro atoms. The Morgan fingerprint density at radius 1 is 0.935 bits per heavy atom. The molecule has 0 N–H and O–H groups in total. The van der Waals surface area contributed by atoms with Gasteiger partial charge in [0.25, 0.3) is 0 Å². The lowest BCUT2D eigenvalue weighted by atomic mass is 10.1. The lowest BCUT2D eigenvalue weighted by Gasteiger charge is -2.17. The van der Waals surface area contributed by atoms with E-state index in [-0.39, 0.29) is 12.3 Å². The lowest BCUT2D eigenvalue weighted by Crippen LogP contribution is -2.27. The number of sulfonamides is 1. The molecule has 0 aliphatic carbocycles. The molecule has 7 heteroatoms. The van der Waals surface area contributed by atoms with Gasteiger partial charge in [0, 0.05) is 30.9 Å². The van der Waals surface area contributed by atoms with E-state index in [4.69, 9.17) is 5.10 Å². The summed E-state index contributed by atoms with van der Waals surface area (Å²) in [5, 5.41) is 4.73. The van der Waals surface area contributed by atoms with Crippen LogP contribution in [0, 0.1) is 5.82 Å². The van der Waals surface area contributed by atoms with Crippen LogP contribution >= 0.6 is 0 Å². The second-order valence-electron chi connectivity index (χ2n) is 7.29. The van der Waals surface area contributed by atoms with Crippen molar-refractivity contribution in [1.82, 2.24) is 14.1 Å². The van der Waals surface area contributed by atoms with Gasteiger partial charge in [-0.1, -0.05) is 60.7 Å². The molecule has 1 heterocycles. The van der Waals surface area contributed by atoms with E-state index >= 15 is 0 Å². The van der Waals surface area contributed by atoms with Crippen molar-refractivity contribution in [3.05, 3.63) is 108 Å². The molecule has 0 saturated heterocycles. The van der Waals surface area contributed by atoms with E-state index in [1.807, 2.05) is 66.9 Å². The Hall–Kier alpha value is -3.29. The van der Waals surface area contributed by atoms with Crippen LogP contribution in [0.2, 0.25) is 0 Å². The van der Waals surface area contributed by atoms with E-state index in [0.29, 0.717) is 5.56 Å². The van der Waals surface area contributed by atoms with Gasteiger partial charge in [-0.15, -0.1) is 0 Å². The summed E-state index contributed by atoms with van der Waals surface area (Å²) in [5.74, 6) is -0.722. The molecule has 0 bridgehead atoms. The first-order valence-corrected chi connectivity index (χ1v) is 11.4. The average molecular weight is 436 g/mol. The SMILES string of the molecule is CN(Cc1cn(-c2ccccc2)nc1-c1ccccc1)S(=O)(=O)Cc1cccc(F)c1. The van der Waals surface area contributed by atoms with Gasteiger partial charge in [0.05, 0.1) is 17.1 Å². The van der Waals surface area contributed by atoms with Gasteiger partial charge in [0.1, 0.15) is 5.82 Å². The lowest BCUT2D eigenvalue weighted by molar-refractivity contribution is 0.466. The fourth-order valence-corrected chi connectivity index (χ4v) is 4.52. The van der Waals surface area contributed by atoms with Crippen molar-refractivity contribution in [3.63, 3.8) is 0 Å². The molecule has 3 aromatic carbocycles. The van der Waals surface area contributed by atoms with Crippen LogP contribution in [0.25, 0.3) is 16.9 Å². The van der Waals surface area contributed by atoms with Crippen LogP contribution in [-0.4, -0.2) is 29.6 Å². The number of aromatic nitrogens is 2. The molecular formula is C24H22FN3O2S. The number of benzene rings is 3. The molecule has 0 fully saturated rings. The standard InChI is InChI=1S/C24H22FN3O2S/c1-27(31(29,30)18-19-9-8-12-22(25)15-19)16-21-17-28(23-13-6-3-7-14-23)26-24(21)20-10-4-2-5-11-20/h2-15,17H,16,18H2,1H3. The van der Waals surface area contributed by atoms with Gasteiger partial charge in [-0.2, -0.15) is 5.10 Å². The summed E-state index contributed by atoms with van der Waals surface area (Å²) in [5.41, 5.74) is 3.70. The quantitative estimate of drug-likeness (QED) is 0.425. The third-order valence-corrected chi connectivity index (χ3v) is 6.74. The number of nitrogens with zero attached hydrogens (tertiary/aromatic N) is 3. The van der Waals surface area contributed by atoms with E-state index in [1.165, 1.54) is 29.6 Å². The Labute approximate surface area is 181 Å². The molecule has 0 radical (unpaired) electrons. The Bertz CT molecular complexity index is 1270. The zero-order chi connectivity index (χ0) is 21.8. The summed E-state index contributed by atoms with van der Waals surface area (Å²) in [4.78, 5) is 0. The highest BCUT2D eigenvalue weighted by Crippen LogP contribution is 2.25. The average Bonchev–Trinajstić information content (AvgIpc) is 3.18. The predicted octanol–water partition coefficient (Wildman–Crippen LogP) is 4.64. The molecule has 4 aromatic rings. The third kappa shape index (κ3) is 4.90. The van der Waals surface area contributed by atoms with Gasteiger partial charge in [0.15, 0.2) is 0 Å². The van der Waals surface area contributed by atoms with Crippen molar-refractivity contribution in [2.75, 3.05) is 7.05 Å². The molecule has 4 rings (SSSR count). The van der Waals surface area contributed by atoms with E-state index in [2.05, 4.69) is 0 Å². The second-order valence-corrected chi connectivity index (χ2v) is 9.37. The van der Waals surface area contributed by atoms with Crippen molar-refractivity contribution >= 4 is 10.0 Å². The zero-order valence-electron chi connectivity index (χ0n) is 17.0. The van der Waals surface area contributed by atoms with Crippen molar-refractivity contribution < 1.29 is 12.8 Å². The molecule has 158 valence electrons. The highest BCUT2D eigenvalue weighted by atomic mass is 32.2. The van der Waals surface area contributed by atoms with Crippen LogP contribution in [0.3, 0.4) is 0 Å². The molecule has 5 nitrogen and oxygen atoms in total. The first kappa shape index (κ1) is 21.0. The monoisotopic (exact) mass is 435 g/mol. The molecule has 0 saturated carbocycles. The maximum absolute atomic E-state index is 13.5. The van der Waals surface area contributed by atoms with Gasteiger partial charge in [-0.3, -0.25) is 0 Å². The smallest absolute Gasteiger partial charge is 0.218 e. The maximum atomic E-state index is 13.5. The van der Waals surface area contributed by atoms with E-state index in [0.717, 1.165) is 22.5 Å². The Morgan fingerprint density at radius 2 is 1.61 bits per heavy atom. The minimum Gasteiger partial charge on any atom is -0.240 e. The fraction of sp³-hybridized carbons (Fsp3) is 0.125. The van der Waals surface area contributed by atoms with Crippen molar-refractivity contribution in [3.8, 4) is 16.9 Å². The highest BCUT2D eigenvalue weighted by molar-refractivity contribution is 7.88. The summed E-state index contributed by atoms with van der Waals surface area (Å²) in [7, 11) is -2.12. The maximum Gasteiger partial charge on any atom is 0.218 e. The first-order valence-electron chi connectivity index (χ1n) is 9.80. The normalized spacial score (nSPS) is 11.7. The fourth-order valence-electron chi connectivity index (χ4n) is 3.36. The highest BCUT2D eigenvalue weighted by Gasteiger charge is 2.22. The van der Waals surface area contributed by atoms with Gasteiger partial charge in [-0.05, 0) is 29.8 Å². The molecule has 0 aliphatic rings. The largest absolute Gasteiger partial charge is 0.240 e. The second kappa shape index (κ2) is 8.83. The number of hydrogen-bond donors (Lipinski definition) is 0. The first-order chi connectivity index (χ1) is 14.9. The van der Waals surface area contributed by atoms with Crippen molar-refractivity contribution in [2.45, 2.75) is 12.3 Å². The summed E-state index contributed by atoms with van der Waals surface area (Å²) >= 11 is 0.